The van der Waals surface area contributed by atoms with E-state index in [0.717, 1.165) is 11.3 Å². The minimum atomic E-state index is 0.381. The van der Waals surface area contributed by atoms with E-state index < -0.39 is 0 Å². The van der Waals surface area contributed by atoms with Gasteiger partial charge in [0.25, 0.3) is 0 Å². The van der Waals surface area contributed by atoms with Gasteiger partial charge < -0.3 is 18.9 Å². The second-order valence-corrected chi connectivity index (χ2v) is 8.58. The van der Waals surface area contributed by atoms with Gasteiger partial charge in [-0.3, -0.25) is 4.98 Å². The van der Waals surface area contributed by atoms with Crippen molar-refractivity contribution in [1.82, 2.24) is 15.0 Å². The lowest BCUT2D eigenvalue weighted by Crippen LogP contribution is -1.93. The first kappa shape index (κ1) is 24.6. The van der Waals surface area contributed by atoms with Crippen LogP contribution in [0.15, 0.2) is 140 Å². The highest BCUT2D eigenvalue weighted by Crippen LogP contribution is 2.31. The third-order valence-corrected chi connectivity index (χ3v) is 5.64. The summed E-state index contributed by atoms with van der Waals surface area (Å²) in [6.45, 7) is 0. The number of ether oxygens (including phenoxy) is 4. The average Bonchev–Trinajstić information content (AvgIpc) is 2.99. The van der Waals surface area contributed by atoms with Crippen molar-refractivity contribution < 1.29 is 18.9 Å². The van der Waals surface area contributed by atoms with Crippen LogP contribution in [0.3, 0.4) is 0 Å². The summed E-state index contributed by atoms with van der Waals surface area (Å²) >= 11 is 0. The molecule has 40 heavy (non-hydrogen) atoms. The monoisotopic (exact) mass is 525 g/mol. The first-order valence-corrected chi connectivity index (χ1v) is 12.6. The van der Waals surface area contributed by atoms with Gasteiger partial charge in [-0.1, -0.05) is 42.5 Å². The minimum absolute atomic E-state index is 0.381. The first-order valence-electron chi connectivity index (χ1n) is 12.6. The highest BCUT2D eigenvalue weighted by molar-refractivity contribution is 5.61. The van der Waals surface area contributed by atoms with Gasteiger partial charge in [-0.2, -0.15) is 4.98 Å². The number of aromatic nitrogens is 3. The molecule has 7 nitrogen and oxygen atoms in total. The molecule has 6 rings (SSSR count). The molecule has 6 aromatic rings. The topological polar surface area (TPSA) is 75.6 Å². The van der Waals surface area contributed by atoms with Gasteiger partial charge in [0.05, 0.1) is 5.69 Å². The van der Waals surface area contributed by atoms with Crippen LogP contribution in [0.25, 0.3) is 11.3 Å². The summed E-state index contributed by atoms with van der Waals surface area (Å²) in [6, 6.07) is 39.1. The predicted octanol–water partition coefficient (Wildman–Crippen LogP) is 8.71. The quantitative estimate of drug-likeness (QED) is 0.187. The molecule has 0 fully saturated rings. The molecule has 0 amide bonds. The third-order valence-electron chi connectivity index (χ3n) is 5.64. The molecule has 0 atom stereocenters. The maximum absolute atomic E-state index is 6.11. The van der Waals surface area contributed by atoms with E-state index in [1.54, 1.807) is 42.7 Å². The van der Waals surface area contributed by atoms with E-state index >= 15 is 0 Å². The Labute approximate surface area is 231 Å². The van der Waals surface area contributed by atoms with Crippen molar-refractivity contribution in [2.75, 3.05) is 0 Å². The minimum Gasteiger partial charge on any atom is -0.457 e. The Morgan fingerprint density at radius 3 is 1.48 bits per heavy atom. The van der Waals surface area contributed by atoms with Gasteiger partial charge >= 0.3 is 0 Å². The van der Waals surface area contributed by atoms with Crippen molar-refractivity contribution in [2.24, 2.45) is 0 Å². The smallest absolute Gasteiger partial charge is 0.222 e. The summed E-state index contributed by atoms with van der Waals surface area (Å²) in [5.74, 6) is 4.34. The Bertz CT molecular complexity index is 1710. The van der Waals surface area contributed by atoms with Gasteiger partial charge in [0, 0.05) is 48.3 Å². The number of hydrogen-bond acceptors (Lipinski definition) is 7. The highest BCUT2D eigenvalue weighted by atomic mass is 16.5. The molecule has 3 aromatic carbocycles. The number of nitrogens with zero attached hydrogens (tertiary/aromatic N) is 3. The van der Waals surface area contributed by atoms with E-state index in [-0.39, 0.29) is 0 Å². The van der Waals surface area contributed by atoms with Crippen molar-refractivity contribution >= 4 is 0 Å². The van der Waals surface area contributed by atoms with Crippen LogP contribution < -0.4 is 18.9 Å². The zero-order valence-electron chi connectivity index (χ0n) is 21.3. The molecule has 0 aliphatic carbocycles. The SMILES string of the molecule is c1ccc(Oc2cccc(Oc3cccc(Oc4cccc(Oc5cccc(-c6ccccn6)c5)c4)n3)c2)nc1. The lowest BCUT2D eigenvalue weighted by atomic mass is 10.1. The van der Waals surface area contributed by atoms with Crippen molar-refractivity contribution in [3.8, 4) is 57.6 Å². The van der Waals surface area contributed by atoms with Crippen molar-refractivity contribution in [3.63, 3.8) is 0 Å². The maximum atomic E-state index is 6.11. The molecular weight excluding hydrogens is 502 g/mol. The van der Waals surface area contributed by atoms with Gasteiger partial charge in [-0.25, -0.2) is 4.98 Å². The summed E-state index contributed by atoms with van der Waals surface area (Å²) in [5, 5.41) is 0. The number of rotatable bonds is 9. The Morgan fingerprint density at radius 2 is 0.875 bits per heavy atom. The summed E-state index contributed by atoms with van der Waals surface area (Å²) < 4.78 is 23.9. The summed E-state index contributed by atoms with van der Waals surface area (Å²) in [4.78, 5) is 13.1. The van der Waals surface area contributed by atoms with E-state index in [4.69, 9.17) is 18.9 Å². The van der Waals surface area contributed by atoms with E-state index in [9.17, 15) is 0 Å². The lowest BCUT2D eigenvalue weighted by Gasteiger charge is -2.11. The molecule has 194 valence electrons. The number of benzene rings is 3. The summed E-state index contributed by atoms with van der Waals surface area (Å²) in [5.41, 5.74) is 1.85. The predicted molar refractivity (Wildman–Crippen MR) is 151 cm³/mol. The fourth-order valence-corrected chi connectivity index (χ4v) is 3.87. The molecule has 3 heterocycles. The van der Waals surface area contributed by atoms with E-state index in [0.29, 0.717) is 46.4 Å². The van der Waals surface area contributed by atoms with E-state index in [1.807, 2.05) is 97.1 Å². The summed E-state index contributed by atoms with van der Waals surface area (Å²) in [7, 11) is 0. The number of hydrogen-bond donors (Lipinski definition) is 0. The van der Waals surface area contributed by atoms with Crippen LogP contribution in [0.2, 0.25) is 0 Å². The van der Waals surface area contributed by atoms with Crippen LogP contribution in [-0.2, 0) is 0 Å². The van der Waals surface area contributed by atoms with Crippen molar-refractivity contribution in [2.45, 2.75) is 0 Å². The van der Waals surface area contributed by atoms with Gasteiger partial charge in [-0.15, -0.1) is 0 Å². The second kappa shape index (κ2) is 11.8. The first-order chi connectivity index (χ1) is 19.8. The van der Waals surface area contributed by atoms with Crippen LogP contribution in [0.4, 0.5) is 0 Å². The Morgan fingerprint density at radius 1 is 0.375 bits per heavy atom. The van der Waals surface area contributed by atoms with Crippen LogP contribution in [-0.4, -0.2) is 15.0 Å². The molecule has 0 saturated carbocycles. The largest absolute Gasteiger partial charge is 0.457 e. The van der Waals surface area contributed by atoms with Gasteiger partial charge in [0.1, 0.15) is 28.7 Å². The Kier molecular flexibility index (Phi) is 7.26. The van der Waals surface area contributed by atoms with Crippen LogP contribution in [0.5, 0.6) is 46.4 Å². The standard InChI is InChI=1S/C33H23N3O4/c1-3-19-34-30(15-1)24-9-5-10-25(21-24)37-26-11-6-13-28(22-26)39-32-17-8-18-33(36-32)40-29-14-7-12-27(23-29)38-31-16-2-4-20-35-31/h1-23H. The average molecular weight is 526 g/mol. The highest BCUT2D eigenvalue weighted by Gasteiger charge is 2.07. The van der Waals surface area contributed by atoms with Crippen molar-refractivity contribution in [1.29, 1.82) is 0 Å². The molecule has 0 spiro atoms. The normalized spacial score (nSPS) is 10.5. The van der Waals surface area contributed by atoms with Gasteiger partial charge in [0.2, 0.25) is 17.6 Å². The van der Waals surface area contributed by atoms with Crippen LogP contribution in [0, 0.1) is 0 Å². The fourth-order valence-electron chi connectivity index (χ4n) is 3.87. The van der Waals surface area contributed by atoms with Crippen LogP contribution in [0.1, 0.15) is 0 Å². The van der Waals surface area contributed by atoms with Gasteiger partial charge in [0.15, 0.2) is 0 Å². The van der Waals surface area contributed by atoms with Crippen molar-refractivity contribution in [3.05, 3.63) is 140 Å². The Balaban J connectivity index is 1.13. The third kappa shape index (κ3) is 6.41. The molecule has 0 bridgehead atoms. The maximum Gasteiger partial charge on any atom is 0.222 e. The molecule has 0 aliphatic rings. The lowest BCUT2D eigenvalue weighted by molar-refractivity contribution is 0.419. The zero-order valence-corrected chi connectivity index (χ0v) is 21.3. The van der Waals surface area contributed by atoms with E-state index in [1.165, 1.54) is 0 Å². The second-order valence-electron chi connectivity index (χ2n) is 8.58. The molecule has 0 radical (unpaired) electrons. The molecule has 0 aliphatic heterocycles. The number of pyridine rings is 3. The molecule has 0 saturated heterocycles. The zero-order chi connectivity index (χ0) is 27.0. The van der Waals surface area contributed by atoms with Crippen LogP contribution >= 0.6 is 0 Å². The molecule has 7 heteroatoms. The molecule has 0 unspecified atom stereocenters. The molecule has 0 N–H and O–H groups in total. The van der Waals surface area contributed by atoms with Gasteiger partial charge in [-0.05, 0) is 54.6 Å². The molecule has 3 aromatic heterocycles. The Hall–Kier alpha value is -5.69. The fraction of sp³-hybridized carbons (Fsp3) is 0. The molecular formula is C33H23N3O4. The summed E-state index contributed by atoms with van der Waals surface area (Å²) in [6.07, 6.45) is 3.45. The van der Waals surface area contributed by atoms with E-state index in [2.05, 4.69) is 15.0 Å².